The first kappa shape index (κ1) is 17.1. The molecule has 0 aliphatic heterocycles. The predicted molar refractivity (Wildman–Crippen MR) is 79.5 cm³/mol. The molecule has 0 spiro atoms. The van der Waals surface area contributed by atoms with E-state index in [0.29, 0.717) is 15.4 Å². The molecule has 1 aromatic carbocycles. The number of hydrogen-bond acceptors (Lipinski definition) is 4. The molecule has 0 heterocycles. The molecular weight excluding hydrogens is 402 g/mol. The first-order valence-electron chi connectivity index (χ1n) is 5.48. The van der Waals surface area contributed by atoms with Gasteiger partial charge in [-0.3, -0.25) is 0 Å². The third-order valence-corrected chi connectivity index (χ3v) is 5.26. The van der Waals surface area contributed by atoms with Gasteiger partial charge in [0, 0.05) is 22.6 Å². The molecule has 1 unspecified atom stereocenters. The Morgan fingerprint density at radius 2 is 2.11 bits per heavy atom. The highest BCUT2D eigenvalue weighted by Crippen LogP contribution is 2.25. The topological polar surface area (TPSA) is 75.6 Å². The van der Waals surface area contributed by atoms with Crippen LogP contribution in [0.25, 0.3) is 0 Å². The zero-order chi connectivity index (χ0) is 14.5. The Hall–Kier alpha value is 0.01000. The summed E-state index contributed by atoms with van der Waals surface area (Å²) in [5, 5.41) is 9.44. The third-order valence-electron chi connectivity index (χ3n) is 2.31. The van der Waals surface area contributed by atoms with E-state index < -0.39 is 16.1 Å². The van der Waals surface area contributed by atoms with Crippen LogP contribution in [0.3, 0.4) is 0 Å². The van der Waals surface area contributed by atoms with E-state index in [9.17, 15) is 13.5 Å². The minimum atomic E-state index is -3.60. The molecule has 1 aromatic rings. The van der Waals surface area contributed by atoms with Crippen LogP contribution in [-0.4, -0.2) is 39.9 Å². The maximum atomic E-state index is 12.1. The van der Waals surface area contributed by atoms with Gasteiger partial charge in [0.1, 0.15) is 0 Å². The van der Waals surface area contributed by atoms with E-state index in [1.54, 1.807) is 12.1 Å². The molecule has 8 heteroatoms. The second-order valence-corrected chi connectivity index (χ2v) is 7.38. The van der Waals surface area contributed by atoms with Crippen LogP contribution >= 0.6 is 31.9 Å². The number of hydrogen-bond donors (Lipinski definition) is 2. The van der Waals surface area contributed by atoms with Crippen LogP contribution in [-0.2, 0) is 14.8 Å². The summed E-state index contributed by atoms with van der Waals surface area (Å²) < 4.78 is 32.5. The van der Waals surface area contributed by atoms with Crippen molar-refractivity contribution in [3.05, 3.63) is 27.1 Å². The van der Waals surface area contributed by atoms with E-state index in [1.165, 1.54) is 13.2 Å². The van der Waals surface area contributed by atoms with Gasteiger partial charge in [0.15, 0.2) is 0 Å². The van der Waals surface area contributed by atoms with E-state index in [4.69, 9.17) is 4.74 Å². The van der Waals surface area contributed by atoms with Gasteiger partial charge in [0.05, 0.1) is 17.6 Å². The van der Waals surface area contributed by atoms with E-state index in [1.807, 2.05) is 0 Å². The Morgan fingerprint density at radius 1 is 1.42 bits per heavy atom. The summed E-state index contributed by atoms with van der Waals surface area (Å²) in [6.45, 7) is 0.328. The average Bonchev–Trinajstić information content (AvgIpc) is 2.32. The Bertz CT molecular complexity index is 521. The van der Waals surface area contributed by atoms with Crippen molar-refractivity contribution in [3.8, 4) is 0 Å². The van der Waals surface area contributed by atoms with Crippen LogP contribution < -0.4 is 4.72 Å². The van der Waals surface area contributed by atoms with E-state index in [2.05, 4.69) is 36.6 Å². The quantitative estimate of drug-likeness (QED) is 0.711. The molecule has 19 heavy (non-hydrogen) atoms. The molecule has 2 N–H and O–H groups in total. The van der Waals surface area contributed by atoms with Gasteiger partial charge in [-0.1, -0.05) is 15.9 Å². The maximum Gasteiger partial charge on any atom is 0.241 e. The van der Waals surface area contributed by atoms with Crippen molar-refractivity contribution < 1.29 is 18.3 Å². The summed E-state index contributed by atoms with van der Waals surface area (Å²) in [5.74, 6) is 0. The summed E-state index contributed by atoms with van der Waals surface area (Å²) in [7, 11) is -2.12. The van der Waals surface area contributed by atoms with Crippen LogP contribution in [0.1, 0.15) is 6.42 Å². The first-order chi connectivity index (χ1) is 8.86. The average molecular weight is 417 g/mol. The van der Waals surface area contributed by atoms with Gasteiger partial charge in [-0.25, -0.2) is 13.1 Å². The molecule has 0 aromatic heterocycles. The van der Waals surface area contributed by atoms with Gasteiger partial charge in [0.25, 0.3) is 0 Å². The molecule has 0 radical (unpaired) electrons. The van der Waals surface area contributed by atoms with Crippen molar-refractivity contribution in [1.82, 2.24) is 4.72 Å². The van der Waals surface area contributed by atoms with Gasteiger partial charge in [0.2, 0.25) is 10.0 Å². The highest BCUT2D eigenvalue weighted by molar-refractivity contribution is 9.11. The van der Waals surface area contributed by atoms with E-state index in [0.717, 1.165) is 0 Å². The molecular formula is C11H15Br2NO4S. The normalized spacial score (nSPS) is 13.5. The number of rotatable bonds is 7. The van der Waals surface area contributed by atoms with Crippen LogP contribution in [0.5, 0.6) is 0 Å². The molecule has 0 saturated heterocycles. The van der Waals surface area contributed by atoms with Crippen LogP contribution in [0, 0.1) is 0 Å². The lowest BCUT2D eigenvalue weighted by atomic mass is 10.3. The second-order valence-electron chi connectivity index (χ2n) is 3.87. The number of aliphatic hydroxyl groups is 1. The van der Waals surface area contributed by atoms with Crippen molar-refractivity contribution in [1.29, 1.82) is 0 Å². The molecule has 0 fully saturated rings. The Labute approximate surface area is 129 Å². The summed E-state index contributed by atoms with van der Waals surface area (Å²) in [6, 6.07) is 4.90. The summed E-state index contributed by atoms with van der Waals surface area (Å²) >= 11 is 6.43. The van der Waals surface area contributed by atoms with Crippen LogP contribution in [0.2, 0.25) is 0 Å². The van der Waals surface area contributed by atoms with Gasteiger partial charge in [-0.2, -0.15) is 0 Å². The minimum absolute atomic E-state index is 0.145. The molecule has 0 bridgehead atoms. The SMILES string of the molecule is COCC(O)CCNS(=O)(=O)c1cc(Br)ccc1Br. The second kappa shape index (κ2) is 7.70. The van der Waals surface area contributed by atoms with E-state index >= 15 is 0 Å². The van der Waals surface area contributed by atoms with Gasteiger partial charge in [-0.15, -0.1) is 0 Å². The lowest BCUT2D eigenvalue weighted by molar-refractivity contribution is 0.0603. The number of methoxy groups -OCH3 is 1. The third kappa shape index (κ3) is 5.49. The van der Waals surface area contributed by atoms with Crippen molar-refractivity contribution in [2.24, 2.45) is 0 Å². The van der Waals surface area contributed by atoms with E-state index in [-0.39, 0.29) is 18.0 Å². The van der Waals surface area contributed by atoms with Gasteiger partial charge >= 0.3 is 0 Å². The monoisotopic (exact) mass is 415 g/mol. The zero-order valence-corrected chi connectivity index (χ0v) is 14.3. The van der Waals surface area contributed by atoms with Crippen molar-refractivity contribution >= 4 is 41.9 Å². The molecule has 0 amide bonds. The fourth-order valence-electron chi connectivity index (χ4n) is 1.40. The molecule has 0 aliphatic rings. The molecule has 0 aliphatic carbocycles. The summed E-state index contributed by atoms with van der Waals surface area (Å²) in [4.78, 5) is 0.156. The largest absolute Gasteiger partial charge is 0.391 e. The predicted octanol–water partition coefficient (Wildman–Crippen LogP) is 1.89. The zero-order valence-electron chi connectivity index (χ0n) is 10.3. The number of benzene rings is 1. The number of nitrogens with one attached hydrogen (secondary N) is 1. The lowest BCUT2D eigenvalue weighted by Gasteiger charge is -2.11. The molecule has 1 atom stereocenters. The number of aliphatic hydroxyl groups excluding tert-OH is 1. The lowest BCUT2D eigenvalue weighted by Crippen LogP contribution is -2.28. The Balaban J connectivity index is 2.68. The highest BCUT2D eigenvalue weighted by Gasteiger charge is 2.18. The Morgan fingerprint density at radius 3 is 2.74 bits per heavy atom. The fourth-order valence-corrected chi connectivity index (χ4v) is 3.94. The number of halogens is 2. The van der Waals surface area contributed by atoms with Crippen molar-refractivity contribution in [2.75, 3.05) is 20.3 Å². The summed E-state index contributed by atoms with van der Waals surface area (Å²) in [5.41, 5.74) is 0. The first-order valence-corrected chi connectivity index (χ1v) is 8.55. The van der Waals surface area contributed by atoms with Gasteiger partial charge in [-0.05, 0) is 40.5 Å². The van der Waals surface area contributed by atoms with Gasteiger partial charge < -0.3 is 9.84 Å². The highest BCUT2D eigenvalue weighted by atomic mass is 79.9. The molecule has 0 saturated carbocycles. The Kier molecular flexibility index (Phi) is 6.92. The number of sulfonamides is 1. The van der Waals surface area contributed by atoms with Crippen LogP contribution in [0.15, 0.2) is 32.0 Å². The van der Waals surface area contributed by atoms with Crippen molar-refractivity contribution in [3.63, 3.8) is 0 Å². The number of ether oxygens (including phenoxy) is 1. The van der Waals surface area contributed by atoms with Crippen molar-refractivity contribution in [2.45, 2.75) is 17.4 Å². The summed E-state index contributed by atoms with van der Waals surface area (Å²) in [6.07, 6.45) is -0.391. The molecule has 1 rings (SSSR count). The minimum Gasteiger partial charge on any atom is -0.391 e. The molecule has 108 valence electrons. The standard InChI is InChI=1S/C11H15Br2NO4S/c1-18-7-9(15)4-5-14-19(16,17)11-6-8(12)2-3-10(11)13/h2-3,6,9,14-15H,4-5,7H2,1H3. The maximum absolute atomic E-state index is 12.1. The fraction of sp³-hybridized carbons (Fsp3) is 0.455. The molecule has 5 nitrogen and oxygen atoms in total. The smallest absolute Gasteiger partial charge is 0.241 e. The van der Waals surface area contributed by atoms with Crippen LogP contribution in [0.4, 0.5) is 0 Å².